The number of aryl methyl sites for hydroxylation is 1. The van der Waals surface area contributed by atoms with E-state index >= 15 is 0 Å². The third-order valence-electron chi connectivity index (χ3n) is 4.85. The number of rotatable bonds is 5. The zero-order chi connectivity index (χ0) is 15.2. The van der Waals surface area contributed by atoms with E-state index in [4.69, 9.17) is 4.74 Å². The molecular weight excluding hydrogens is 270 g/mol. The molecule has 0 amide bonds. The van der Waals surface area contributed by atoms with Gasteiger partial charge in [-0.2, -0.15) is 0 Å². The third-order valence-corrected chi connectivity index (χ3v) is 4.85. The summed E-state index contributed by atoms with van der Waals surface area (Å²) in [5, 5.41) is 0. The number of hydrogen-bond acceptors (Lipinski definition) is 2. The Kier molecular flexibility index (Phi) is 5.55. The Morgan fingerprint density at radius 2 is 1.95 bits per heavy atom. The maximum absolute atomic E-state index is 5.94. The summed E-state index contributed by atoms with van der Waals surface area (Å²) in [6, 6.07) is 6.70. The van der Waals surface area contributed by atoms with Crippen LogP contribution in [0.25, 0.3) is 6.08 Å². The van der Waals surface area contributed by atoms with Crippen molar-refractivity contribution < 1.29 is 4.74 Å². The van der Waals surface area contributed by atoms with Gasteiger partial charge in [0.25, 0.3) is 0 Å². The molecule has 1 aromatic carbocycles. The molecule has 0 bridgehead atoms. The van der Waals surface area contributed by atoms with Crippen molar-refractivity contribution in [3.63, 3.8) is 0 Å². The van der Waals surface area contributed by atoms with E-state index in [2.05, 4.69) is 36.1 Å². The van der Waals surface area contributed by atoms with Gasteiger partial charge in [0.2, 0.25) is 0 Å². The van der Waals surface area contributed by atoms with E-state index in [0.717, 1.165) is 25.2 Å². The van der Waals surface area contributed by atoms with Crippen molar-refractivity contribution in [2.45, 2.75) is 51.9 Å². The molecule has 1 fully saturated rings. The lowest BCUT2D eigenvalue weighted by Gasteiger charge is -2.26. The second kappa shape index (κ2) is 7.82. The van der Waals surface area contributed by atoms with Gasteiger partial charge in [0.1, 0.15) is 5.75 Å². The molecule has 0 aliphatic carbocycles. The molecule has 2 nitrogen and oxygen atoms in total. The van der Waals surface area contributed by atoms with Crippen molar-refractivity contribution in [1.82, 2.24) is 4.90 Å². The number of likely N-dealkylation sites (tertiary alicyclic amines) is 1. The highest BCUT2D eigenvalue weighted by Crippen LogP contribution is 2.28. The number of piperidine rings is 1. The van der Waals surface area contributed by atoms with Gasteiger partial charge in [-0.3, -0.25) is 0 Å². The van der Waals surface area contributed by atoms with Crippen molar-refractivity contribution in [2.75, 3.05) is 26.2 Å². The molecule has 120 valence electrons. The Morgan fingerprint density at radius 1 is 1.09 bits per heavy atom. The number of ether oxygens (including phenoxy) is 1. The van der Waals surface area contributed by atoms with Gasteiger partial charge in [-0.1, -0.05) is 37.5 Å². The number of nitrogens with zero attached hydrogens (tertiary/aromatic N) is 1. The predicted octanol–water partition coefficient (Wildman–Crippen LogP) is 4.68. The number of fused-ring (bicyclic) bond motifs is 1. The molecule has 0 spiro atoms. The lowest BCUT2D eigenvalue weighted by atomic mass is 10.0. The van der Waals surface area contributed by atoms with Crippen molar-refractivity contribution in [3.05, 3.63) is 34.9 Å². The highest BCUT2D eigenvalue weighted by molar-refractivity contribution is 5.61. The molecule has 0 saturated carbocycles. The smallest absolute Gasteiger partial charge is 0.126 e. The standard InChI is InChI=1S/C20H29NO/c1-2-6-17-7-8-20-19(15-17)16-18(10-14-22-20)9-13-21-11-4-3-5-12-21/h7-8,15-16H,2-6,9-14H2,1H3. The molecule has 0 radical (unpaired) electrons. The monoisotopic (exact) mass is 299 g/mol. The first-order chi connectivity index (χ1) is 10.8. The zero-order valence-electron chi connectivity index (χ0n) is 13.9. The highest BCUT2D eigenvalue weighted by Gasteiger charge is 2.13. The molecule has 2 heterocycles. The lowest BCUT2D eigenvalue weighted by Crippen LogP contribution is -2.30. The molecule has 2 heteroatoms. The summed E-state index contributed by atoms with van der Waals surface area (Å²) < 4.78 is 5.94. The van der Waals surface area contributed by atoms with E-state index in [9.17, 15) is 0 Å². The lowest BCUT2D eigenvalue weighted by molar-refractivity contribution is 0.230. The summed E-state index contributed by atoms with van der Waals surface area (Å²) in [5.74, 6) is 1.06. The summed E-state index contributed by atoms with van der Waals surface area (Å²) >= 11 is 0. The van der Waals surface area contributed by atoms with Crippen LogP contribution in [0, 0.1) is 0 Å². The molecule has 0 N–H and O–H groups in total. The van der Waals surface area contributed by atoms with Gasteiger partial charge < -0.3 is 9.64 Å². The van der Waals surface area contributed by atoms with Gasteiger partial charge in [-0.25, -0.2) is 0 Å². The van der Waals surface area contributed by atoms with Gasteiger partial charge in [0.05, 0.1) is 6.61 Å². The minimum absolute atomic E-state index is 0.825. The third kappa shape index (κ3) is 4.13. The van der Waals surface area contributed by atoms with Gasteiger partial charge in [0, 0.05) is 18.5 Å². The number of hydrogen-bond donors (Lipinski definition) is 0. The Hall–Kier alpha value is -1.28. The van der Waals surface area contributed by atoms with Gasteiger partial charge in [-0.15, -0.1) is 0 Å². The topological polar surface area (TPSA) is 12.5 Å². The fourth-order valence-corrected chi connectivity index (χ4v) is 3.55. The van der Waals surface area contributed by atoms with Crippen molar-refractivity contribution >= 4 is 6.08 Å². The van der Waals surface area contributed by atoms with E-state index in [-0.39, 0.29) is 0 Å². The Labute approximate surface area is 135 Å². The summed E-state index contributed by atoms with van der Waals surface area (Å²) in [6.45, 7) is 6.87. The van der Waals surface area contributed by atoms with Crippen LogP contribution in [0.3, 0.4) is 0 Å². The molecule has 2 aliphatic rings. The maximum atomic E-state index is 5.94. The summed E-state index contributed by atoms with van der Waals surface area (Å²) in [4.78, 5) is 2.63. The first kappa shape index (κ1) is 15.6. The molecule has 2 aliphatic heterocycles. The minimum Gasteiger partial charge on any atom is -0.493 e. The largest absolute Gasteiger partial charge is 0.493 e. The second-order valence-corrected chi connectivity index (χ2v) is 6.68. The van der Waals surface area contributed by atoms with Gasteiger partial charge in [0.15, 0.2) is 0 Å². The SMILES string of the molecule is CCCc1ccc2c(c1)C=C(CCN1CCCCC1)CCO2. The first-order valence-electron chi connectivity index (χ1n) is 9.02. The number of benzene rings is 1. The Balaban J connectivity index is 1.67. The normalized spacial score (nSPS) is 19.0. The zero-order valence-corrected chi connectivity index (χ0v) is 13.9. The summed E-state index contributed by atoms with van der Waals surface area (Å²) in [7, 11) is 0. The molecule has 0 atom stereocenters. The highest BCUT2D eigenvalue weighted by atomic mass is 16.5. The first-order valence-corrected chi connectivity index (χ1v) is 9.02. The van der Waals surface area contributed by atoms with Gasteiger partial charge >= 0.3 is 0 Å². The van der Waals surface area contributed by atoms with Crippen LogP contribution in [-0.2, 0) is 6.42 Å². The average Bonchev–Trinajstić information content (AvgIpc) is 2.76. The summed E-state index contributed by atoms with van der Waals surface area (Å²) in [6.07, 6.45) is 11.2. The fourth-order valence-electron chi connectivity index (χ4n) is 3.55. The van der Waals surface area contributed by atoms with E-state index in [0.29, 0.717) is 0 Å². The van der Waals surface area contributed by atoms with E-state index in [1.807, 2.05) is 0 Å². The van der Waals surface area contributed by atoms with Crippen LogP contribution in [0.1, 0.15) is 56.6 Å². The molecule has 1 aromatic rings. The average molecular weight is 299 g/mol. The van der Waals surface area contributed by atoms with E-state index < -0.39 is 0 Å². The van der Waals surface area contributed by atoms with Crippen LogP contribution in [0.15, 0.2) is 23.8 Å². The van der Waals surface area contributed by atoms with Crippen LogP contribution in [0.5, 0.6) is 5.75 Å². The molecule has 3 rings (SSSR count). The summed E-state index contributed by atoms with van der Waals surface area (Å²) in [5.41, 5.74) is 4.27. The van der Waals surface area contributed by atoms with E-state index in [1.54, 1.807) is 5.57 Å². The molecule has 1 saturated heterocycles. The maximum Gasteiger partial charge on any atom is 0.126 e. The quantitative estimate of drug-likeness (QED) is 0.782. The minimum atomic E-state index is 0.825. The fraction of sp³-hybridized carbons (Fsp3) is 0.600. The van der Waals surface area contributed by atoms with Crippen molar-refractivity contribution in [3.8, 4) is 5.75 Å². The molecule has 0 aromatic heterocycles. The van der Waals surface area contributed by atoms with Crippen LogP contribution in [-0.4, -0.2) is 31.1 Å². The Morgan fingerprint density at radius 3 is 2.77 bits per heavy atom. The molecule has 22 heavy (non-hydrogen) atoms. The van der Waals surface area contributed by atoms with E-state index in [1.165, 1.54) is 62.9 Å². The van der Waals surface area contributed by atoms with Crippen LogP contribution in [0.4, 0.5) is 0 Å². The van der Waals surface area contributed by atoms with Gasteiger partial charge in [-0.05, 0) is 56.5 Å². The van der Waals surface area contributed by atoms with Crippen molar-refractivity contribution in [1.29, 1.82) is 0 Å². The van der Waals surface area contributed by atoms with Crippen molar-refractivity contribution in [2.24, 2.45) is 0 Å². The molecular formula is C20H29NO. The molecule has 0 unspecified atom stereocenters. The Bertz CT molecular complexity index is 514. The predicted molar refractivity (Wildman–Crippen MR) is 93.4 cm³/mol. The second-order valence-electron chi connectivity index (χ2n) is 6.68. The van der Waals surface area contributed by atoms with Crippen LogP contribution >= 0.6 is 0 Å². The van der Waals surface area contributed by atoms with Crippen LogP contribution in [0.2, 0.25) is 0 Å². The van der Waals surface area contributed by atoms with Crippen LogP contribution < -0.4 is 4.74 Å².